The number of hydrogen-bond acceptors (Lipinski definition) is 3. The van der Waals surface area contributed by atoms with Crippen molar-refractivity contribution >= 4 is 35.0 Å². The van der Waals surface area contributed by atoms with Crippen molar-refractivity contribution in [2.45, 2.75) is 39.2 Å². The van der Waals surface area contributed by atoms with Gasteiger partial charge in [0.25, 0.3) is 5.91 Å². The fourth-order valence-corrected chi connectivity index (χ4v) is 2.73. The molecular weight excluding hydrogens is 368 g/mol. The predicted molar refractivity (Wildman–Crippen MR) is 95.5 cm³/mol. The molecule has 0 unspecified atom stereocenters. The van der Waals surface area contributed by atoms with Gasteiger partial charge in [-0.25, -0.2) is 4.39 Å². The molecule has 0 bridgehead atoms. The van der Waals surface area contributed by atoms with Gasteiger partial charge in [0.15, 0.2) is 6.54 Å². The lowest BCUT2D eigenvalue weighted by Crippen LogP contribution is -2.86. The van der Waals surface area contributed by atoms with Crippen LogP contribution < -0.4 is 10.6 Å². The Labute approximate surface area is 155 Å². The SMILES string of the molecule is C[C@@H]([NH2+]CC(=O)Nc1cc(C(C)(C)C)no1)c1cc(F)c(Cl)cc1Cl. The normalized spacial score (nSPS) is 12.9. The Morgan fingerprint density at radius 3 is 2.60 bits per heavy atom. The summed E-state index contributed by atoms with van der Waals surface area (Å²) in [6.07, 6.45) is 0. The zero-order chi connectivity index (χ0) is 18.8. The van der Waals surface area contributed by atoms with Crippen LogP contribution in [0.1, 0.15) is 45.0 Å². The van der Waals surface area contributed by atoms with Crippen molar-refractivity contribution in [3.63, 3.8) is 0 Å². The Balaban J connectivity index is 1.93. The molecule has 1 aromatic heterocycles. The van der Waals surface area contributed by atoms with Crippen LogP contribution in [0.5, 0.6) is 0 Å². The van der Waals surface area contributed by atoms with Crippen LogP contribution in [-0.4, -0.2) is 17.6 Å². The number of benzene rings is 1. The van der Waals surface area contributed by atoms with Crippen molar-refractivity contribution in [2.24, 2.45) is 0 Å². The third kappa shape index (κ3) is 5.17. The minimum Gasteiger partial charge on any atom is -0.338 e. The fraction of sp³-hybridized carbons (Fsp3) is 0.412. The molecule has 3 N–H and O–H groups in total. The molecule has 1 heterocycles. The highest BCUT2D eigenvalue weighted by Gasteiger charge is 2.21. The highest BCUT2D eigenvalue weighted by molar-refractivity contribution is 6.35. The maximum Gasteiger partial charge on any atom is 0.281 e. The molecular formula is C17H21Cl2FN3O2+. The summed E-state index contributed by atoms with van der Waals surface area (Å²) in [5.41, 5.74) is 1.16. The molecule has 0 radical (unpaired) electrons. The number of nitrogens with one attached hydrogen (secondary N) is 1. The zero-order valence-corrected chi connectivity index (χ0v) is 16.0. The largest absolute Gasteiger partial charge is 0.338 e. The molecule has 2 aromatic rings. The van der Waals surface area contributed by atoms with E-state index in [9.17, 15) is 9.18 Å². The monoisotopic (exact) mass is 388 g/mol. The van der Waals surface area contributed by atoms with Gasteiger partial charge in [-0.3, -0.25) is 10.1 Å². The summed E-state index contributed by atoms with van der Waals surface area (Å²) in [7, 11) is 0. The number of quaternary nitrogens is 1. The van der Waals surface area contributed by atoms with E-state index in [0.29, 0.717) is 16.5 Å². The topological polar surface area (TPSA) is 71.7 Å². The number of rotatable bonds is 5. The van der Waals surface area contributed by atoms with E-state index in [2.05, 4.69) is 10.5 Å². The summed E-state index contributed by atoms with van der Waals surface area (Å²) in [5, 5.41) is 8.66. The molecule has 2 rings (SSSR count). The van der Waals surface area contributed by atoms with Crippen molar-refractivity contribution in [3.8, 4) is 0 Å². The molecule has 0 saturated carbocycles. The first-order valence-electron chi connectivity index (χ1n) is 7.82. The van der Waals surface area contributed by atoms with Gasteiger partial charge in [0.05, 0.1) is 15.7 Å². The molecule has 0 aliphatic rings. The van der Waals surface area contributed by atoms with Crippen LogP contribution in [0.3, 0.4) is 0 Å². The summed E-state index contributed by atoms with van der Waals surface area (Å²) in [6.45, 7) is 7.95. The average molecular weight is 389 g/mol. The Kier molecular flexibility index (Phi) is 6.08. The Morgan fingerprint density at radius 1 is 1.32 bits per heavy atom. The van der Waals surface area contributed by atoms with E-state index in [4.69, 9.17) is 27.7 Å². The van der Waals surface area contributed by atoms with Crippen LogP contribution in [0.2, 0.25) is 10.0 Å². The number of amides is 1. The number of aromatic nitrogens is 1. The number of halogens is 3. The predicted octanol–water partition coefficient (Wildman–Crippen LogP) is 3.68. The molecule has 136 valence electrons. The maximum absolute atomic E-state index is 13.6. The molecule has 8 heteroatoms. The Bertz CT molecular complexity index is 772. The second-order valence-electron chi connectivity index (χ2n) is 6.89. The first kappa shape index (κ1) is 19.7. The molecule has 25 heavy (non-hydrogen) atoms. The standard InChI is InChI=1S/C17H20Cl2FN3O2/c1-9(10-5-13(20)12(19)6-11(10)18)21-8-15(24)22-16-7-14(23-25-16)17(2,3)4/h5-7,9,21H,8H2,1-4H3,(H,22,24)/p+1/t9-/m1/s1. The Morgan fingerprint density at radius 2 is 2.00 bits per heavy atom. The van der Waals surface area contributed by atoms with Gasteiger partial charge < -0.3 is 9.84 Å². The highest BCUT2D eigenvalue weighted by Crippen LogP contribution is 2.27. The fourth-order valence-electron chi connectivity index (χ4n) is 2.17. The van der Waals surface area contributed by atoms with Crippen molar-refractivity contribution in [1.29, 1.82) is 0 Å². The third-order valence-corrected chi connectivity index (χ3v) is 4.35. The second kappa shape index (κ2) is 7.72. The first-order chi connectivity index (χ1) is 11.6. The van der Waals surface area contributed by atoms with E-state index >= 15 is 0 Å². The average Bonchev–Trinajstić information content (AvgIpc) is 2.97. The number of carbonyl (C=O) groups excluding carboxylic acids is 1. The van der Waals surface area contributed by atoms with Crippen molar-refractivity contribution in [2.75, 3.05) is 11.9 Å². The Hall–Kier alpha value is -1.63. The quantitative estimate of drug-likeness (QED) is 0.767. The molecule has 0 saturated heterocycles. The van der Waals surface area contributed by atoms with Gasteiger partial charge >= 0.3 is 0 Å². The molecule has 0 aliphatic carbocycles. The number of hydrogen-bond donors (Lipinski definition) is 2. The van der Waals surface area contributed by atoms with Crippen LogP contribution >= 0.6 is 23.2 Å². The van der Waals surface area contributed by atoms with Crippen LogP contribution in [0.25, 0.3) is 0 Å². The summed E-state index contributed by atoms with van der Waals surface area (Å²) in [6, 6.07) is 4.13. The van der Waals surface area contributed by atoms with Crippen LogP contribution in [0.15, 0.2) is 22.7 Å². The maximum atomic E-state index is 13.6. The minimum atomic E-state index is -0.540. The van der Waals surface area contributed by atoms with Gasteiger partial charge in [0.2, 0.25) is 5.88 Å². The lowest BCUT2D eigenvalue weighted by molar-refractivity contribution is -0.682. The number of nitrogens with zero attached hydrogens (tertiary/aromatic N) is 1. The zero-order valence-electron chi connectivity index (χ0n) is 14.5. The van der Waals surface area contributed by atoms with E-state index in [1.807, 2.05) is 27.7 Å². The number of carbonyl (C=O) groups is 1. The summed E-state index contributed by atoms with van der Waals surface area (Å²) in [5.74, 6) is -0.497. The van der Waals surface area contributed by atoms with Gasteiger partial charge in [-0.2, -0.15) is 0 Å². The summed E-state index contributed by atoms with van der Waals surface area (Å²) in [4.78, 5) is 12.1. The second-order valence-corrected chi connectivity index (χ2v) is 7.71. The van der Waals surface area contributed by atoms with Crippen LogP contribution in [-0.2, 0) is 10.2 Å². The minimum absolute atomic E-state index is 0.0290. The van der Waals surface area contributed by atoms with Crippen molar-refractivity contribution in [3.05, 3.63) is 45.3 Å². The van der Waals surface area contributed by atoms with E-state index in [1.54, 1.807) is 11.4 Å². The molecule has 5 nitrogen and oxygen atoms in total. The van der Waals surface area contributed by atoms with Gasteiger partial charge in [-0.15, -0.1) is 0 Å². The molecule has 1 amide bonds. The number of anilines is 1. The third-order valence-electron chi connectivity index (χ3n) is 3.73. The molecule has 1 aromatic carbocycles. The van der Waals surface area contributed by atoms with E-state index in [-0.39, 0.29) is 28.9 Å². The van der Waals surface area contributed by atoms with Gasteiger partial charge in [0.1, 0.15) is 11.9 Å². The van der Waals surface area contributed by atoms with E-state index < -0.39 is 5.82 Å². The van der Waals surface area contributed by atoms with E-state index in [0.717, 1.165) is 5.69 Å². The van der Waals surface area contributed by atoms with Crippen LogP contribution in [0.4, 0.5) is 10.3 Å². The molecule has 0 spiro atoms. The van der Waals surface area contributed by atoms with E-state index in [1.165, 1.54) is 12.1 Å². The molecule has 1 atom stereocenters. The lowest BCUT2D eigenvalue weighted by Gasteiger charge is -2.13. The smallest absolute Gasteiger partial charge is 0.281 e. The van der Waals surface area contributed by atoms with Gasteiger partial charge in [-0.1, -0.05) is 49.1 Å². The van der Waals surface area contributed by atoms with Crippen LogP contribution in [0, 0.1) is 5.82 Å². The first-order valence-corrected chi connectivity index (χ1v) is 8.58. The van der Waals surface area contributed by atoms with Gasteiger partial charge in [0, 0.05) is 17.0 Å². The summed E-state index contributed by atoms with van der Waals surface area (Å²) < 4.78 is 18.7. The lowest BCUT2D eigenvalue weighted by atomic mass is 9.92. The van der Waals surface area contributed by atoms with Crippen molar-refractivity contribution < 1.29 is 19.0 Å². The van der Waals surface area contributed by atoms with Crippen molar-refractivity contribution in [1.82, 2.24) is 5.16 Å². The molecule has 0 fully saturated rings. The highest BCUT2D eigenvalue weighted by atomic mass is 35.5. The summed E-state index contributed by atoms with van der Waals surface area (Å²) >= 11 is 11.8. The van der Waals surface area contributed by atoms with Gasteiger partial charge in [-0.05, 0) is 19.1 Å². The molecule has 0 aliphatic heterocycles. The number of nitrogens with two attached hydrogens (primary N) is 1.